The molecule has 0 unspecified atom stereocenters. The first-order valence-corrected chi connectivity index (χ1v) is 6.83. The summed E-state index contributed by atoms with van der Waals surface area (Å²) in [6.45, 7) is 0.761. The van der Waals surface area contributed by atoms with Gasteiger partial charge in [0.25, 0.3) is 0 Å². The molecule has 4 nitrogen and oxygen atoms in total. The van der Waals surface area contributed by atoms with Crippen molar-refractivity contribution in [2.75, 3.05) is 11.9 Å². The minimum atomic E-state index is 0.106. The lowest BCUT2D eigenvalue weighted by Gasteiger charge is -2.19. The fraction of sp³-hybridized carbons (Fsp3) is 0.154. The molecule has 0 fully saturated rings. The molecule has 0 spiro atoms. The number of oxime groups is 1. The molecule has 3 N–H and O–H groups in total. The Morgan fingerprint density at radius 3 is 2.84 bits per heavy atom. The standard InChI is InChI=1S/C13H14ClN3OS/c1-17(8-11-5-6-12(14)19-11)10-4-2-3-9(7-10)13(15)16-18/h2-7,18H,8H2,1H3,(H2,15,16). The van der Waals surface area contributed by atoms with Crippen LogP contribution in [0.5, 0.6) is 0 Å². The van der Waals surface area contributed by atoms with E-state index in [1.807, 2.05) is 37.4 Å². The van der Waals surface area contributed by atoms with Gasteiger partial charge in [0.2, 0.25) is 0 Å². The number of nitrogens with zero attached hydrogens (tertiary/aromatic N) is 2. The van der Waals surface area contributed by atoms with Gasteiger partial charge in [0, 0.05) is 23.2 Å². The number of thiophene rings is 1. The molecule has 0 bridgehead atoms. The van der Waals surface area contributed by atoms with E-state index in [1.54, 1.807) is 17.4 Å². The highest BCUT2D eigenvalue weighted by Crippen LogP contribution is 2.24. The Balaban J connectivity index is 2.17. The minimum absolute atomic E-state index is 0.106. The molecule has 0 atom stereocenters. The Labute approximate surface area is 120 Å². The van der Waals surface area contributed by atoms with Crippen molar-refractivity contribution in [2.24, 2.45) is 10.9 Å². The van der Waals surface area contributed by atoms with Crippen molar-refractivity contribution in [1.82, 2.24) is 0 Å². The molecule has 0 aliphatic carbocycles. The zero-order chi connectivity index (χ0) is 13.8. The molecule has 100 valence electrons. The summed E-state index contributed by atoms with van der Waals surface area (Å²) >= 11 is 7.48. The summed E-state index contributed by atoms with van der Waals surface area (Å²) < 4.78 is 0.786. The molecule has 0 aliphatic rings. The first-order valence-electron chi connectivity index (χ1n) is 5.63. The van der Waals surface area contributed by atoms with E-state index < -0.39 is 0 Å². The number of hydrogen-bond donors (Lipinski definition) is 2. The molecule has 2 rings (SSSR count). The maximum absolute atomic E-state index is 8.69. The molecule has 1 aromatic heterocycles. The summed E-state index contributed by atoms with van der Waals surface area (Å²) in [5.41, 5.74) is 7.27. The normalized spacial score (nSPS) is 11.6. The first kappa shape index (κ1) is 13.7. The van der Waals surface area contributed by atoms with Crippen molar-refractivity contribution in [1.29, 1.82) is 0 Å². The van der Waals surface area contributed by atoms with Gasteiger partial charge in [0.05, 0.1) is 10.9 Å². The van der Waals surface area contributed by atoms with E-state index in [0.29, 0.717) is 5.56 Å². The van der Waals surface area contributed by atoms with Crippen LogP contribution in [0, 0.1) is 0 Å². The van der Waals surface area contributed by atoms with Gasteiger partial charge in [-0.15, -0.1) is 11.3 Å². The summed E-state index contributed by atoms with van der Waals surface area (Å²) in [5, 5.41) is 11.7. The average molecular weight is 296 g/mol. The largest absolute Gasteiger partial charge is 0.409 e. The van der Waals surface area contributed by atoms with Crippen LogP contribution in [0.15, 0.2) is 41.6 Å². The Morgan fingerprint density at radius 2 is 2.21 bits per heavy atom. The lowest BCUT2D eigenvalue weighted by Crippen LogP contribution is -2.17. The third-order valence-electron chi connectivity index (χ3n) is 2.71. The zero-order valence-corrected chi connectivity index (χ0v) is 11.9. The van der Waals surface area contributed by atoms with Crippen molar-refractivity contribution < 1.29 is 5.21 Å². The van der Waals surface area contributed by atoms with Crippen LogP contribution in [0.4, 0.5) is 5.69 Å². The lowest BCUT2D eigenvalue weighted by atomic mass is 10.1. The Morgan fingerprint density at radius 1 is 1.42 bits per heavy atom. The van der Waals surface area contributed by atoms with Gasteiger partial charge in [-0.1, -0.05) is 28.9 Å². The van der Waals surface area contributed by atoms with Gasteiger partial charge in [-0.3, -0.25) is 0 Å². The molecule has 6 heteroatoms. The van der Waals surface area contributed by atoms with Crippen LogP contribution in [0.25, 0.3) is 0 Å². The predicted octanol–water partition coefficient (Wildman–Crippen LogP) is 3.13. The van der Waals surface area contributed by atoms with E-state index in [9.17, 15) is 0 Å². The van der Waals surface area contributed by atoms with E-state index in [-0.39, 0.29) is 5.84 Å². The van der Waals surface area contributed by atoms with Crippen LogP contribution in [-0.4, -0.2) is 18.1 Å². The van der Waals surface area contributed by atoms with E-state index in [4.69, 9.17) is 22.5 Å². The van der Waals surface area contributed by atoms with Crippen molar-refractivity contribution in [3.8, 4) is 0 Å². The van der Waals surface area contributed by atoms with Gasteiger partial charge in [-0.2, -0.15) is 0 Å². The van der Waals surface area contributed by atoms with Crippen molar-refractivity contribution in [3.05, 3.63) is 51.2 Å². The van der Waals surface area contributed by atoms with Crippen LogP contribution in [-0.2, 0) is 6.54 Å². The first-order chi connectivity index (χ1) is 9.10. The molecule has 0 radical (unpaired) electrons. The van der Waals surface area contributed by atoms with Gasteiger partial charge >= 0.3 is 0 Å². The monoisotopic (exact) mass is 295 g/mol. The van der Waals surface area contributed by atoms with Crippen LogP contribution < -0.4 is 10.6 Å². The van der Waals surface area contributed by atoms with E-state index >= 15 is 0 Å². The smallest absolute Gasteiger partial charge is 0.170 e. The molecular weight excluding hydrogens is 282 g/mol. The second-order valence-corrected chi connectivity index (χ2v) is 5.90. The SMILES string of the molecule is CN(Cc1ccc(Cl)s1)c1cccc(C(N)=NO)c1. The summed E-state index contributed by atoms with van der Waals surface area (Å²) in [6.07, 6.45) is 0. The third-order valence-corrected chi connectivity index (χ3v) is 3.93. The van der Waals surface area contributed by atoms with Gasteiger partial charge < -0.3 is 15.8 Å². The number of halogens is 1. The lowest BCUT2D eigenvalue weighted by molar-refractivity contribution is 0.318. The van der Waals surface area contributed by atoms with Gasteiger partial charge in [-0.05, 0) is 24.3 Å². The van der Waals surface area contributed by atoms with E-state index in [2.05, 4.69) is 10.1 Å². The van der Waals surface area contributed by atoms with E-state index in [1.165, 1.54) is 4.88 Å². The summed E-state index contributed by atoms with van der Waals surface area (Å²) in [4.78, 5) is 3.26. The van der Waals surface area contributed by atoms with Crippen LogP contribution >= 0.6 is 22.9 Å². The van der Waals surface area contributed by atoms with E-state index in [0.717, 1.165) is 16.6 Å². The Kier molecular flexibility index (Phi) is 4.29. The summed E-state index contributed by atoms with van der Waals surface area (Å²) in [6, 6.07) is 11.4. The Hall–Kier alpha value is -1.72. The van der Waals surface area contributed by atoms with Crippen molar-refractivity contribution in [2.45, 2.75) is 6.54 Å². The quantitative estimate of drug-likeness (QED) is 0.394. The number of benzene rings is 1. The fourth-order valence-corrected chi connectivity index (χ4v) is 2.86. The van der Waals surface area contributed by atoms with Crippen LogP contribution in [0.3, 0.4) is 0 Å². The molecule has 2 aromatic rings. The number of amidine groups is 1. The molecule has 0 saturated heterocycles. The predicted molar refractivity (Wildman–Crippen MR) is 80.4 cm³/mol. The molecule has 1 aromatic carbocycles. The van der Waals surface area contributed by atoms with Crippen molar-refractivity contribution >= 4 is 34.5 Å². The number of anilines is 1. The van der Waals surface area contributed by atoms with Crippen LogP contribution in [0.2, 0.25) is 4.34 Å². The number of nitrogens with two attached hydrogens (primary N) is 1. The van der Waals surface area contributed by atoms with Gasteiger partial charge in [0.1, 0.15) is 0 Å². The van der Waals surface area contributed by atoms with Gasteiger partial charge in [0.15, 0.2) is 5.84 Å². The minimum Gasteiger partial charge on any atom is -0.409 e. The van der Waals surface area contributed by atoms with Gasteiger partial charge in [-0.25, -0.2) is 0 Å². The molecule has 0 aliphatic heterocycles. The number of rotatable bonds is 4. The molecule has 0 saturated carbocycles. The summed E-state index contributed by atoms with van der Waals surface area (Å²) in [7, 11) is 1.99. The Bertz CT molecular complexity index is 597. The molecular formula is C13H14ClN3OS. The van der Waals surface area contributed by atoms with Crippen LogP contribution in [0.1, 0.15) is 10.4 Å². The third kappa shape index (κ3) is 3.39. The topological polar surface area (TPSA) is 61.8 Å². The molecule has 19 heavy (non-hydrogen) atoms. The van der Waals surface area contributed by atoms with Crippen molar-refractivity contribution in [3.63, 3.8) is 0 Å². The zero-order valence-electron chi connectivity index (χ0n) is 10.4. The highest BCUT2D eigenvalue weighted by Gasteiger charge is 2.06. The second kappa shape index (κ2) is 5.95. The molecule has 0 amide bonds. The number of hydrogen-bond acceptors (Lipinski definition) is 4. The maximum Gasteiger partial charge on any atom is 0.170 e. The summed E-state index contributed by atoms with van der Waals surface area (Å²) in [5.74, 6) is 0.106. The highest BCUT2D eigenvalue weighted by molar-refractivity contribution is 7.16. The highest BCUT2D eigenvalue weighted by atomic mass is 35.5. The second-order valence-electron chi connectivity index (χ2n) is 4.10. The fourth-order valence-electron chi connectivity index (χ4n) is 1.72. The maximum atomic E-state index is 8.69. The average Bonchev–Trinajstić information content (AvgIpc) is 2.83. The molecule has 1 heterocycles.